The van der Waals surface area contributed by atoms with Crippen molar-refractivity contribution in [3.63, 3.8) is 0 Å². The van der Waals surface area contributed by atoms with E-state index in [1.54, 1.807) is 29.1 Å². The van der Waals surface area contributed by atoms with Gasteiger partial charge in [-0.3, -0.25) is 38.9 Å². The van der Waals surface area contributed by atoms with Crippen LogP contribution in [0.4, 0.5) is 11.5 Å². The van der Waals surface area contributed by atoms with Gasteiger partial charge in [0.25, 0.3) is 11.8 Å². The van der Waals surface area contributed by atoms with Crippen molar-refractivity contribution < 1.29 is 34.1 Å². The smallest absolute Gasteiger partial charge is 0.264 e. The van der Waals surface area contributed by atoms with Gasteiger partial charge < -0.3 is 41.2 Å². The van der Waals surface area contributed by atoms with E-state index >= 15 is 0 Å². The molecule has 3 aliphatic heterocycles. The van der Waals surface area contributed by atoms with Crippen LogP contribution in [-0.4, -0.2) is 143 Å². The van der Waals surface area contributed by atoms with Crippen molar-refractivity contribution in [1.29, 1.82) is 0 Å². The predicted molar refractivity (Wildman–Crippen MR) is 342 cm³/mol. The zero-order valence-electron chi connectivity index (χ0n) is 52.6. The van der Waals surface area contributed by atoms with Crippen LogP contribution < -0.4 is 26.6 Å². The Morgan fingerprint density at radius 1 is 0.759 bits per heavy atom. The number of fused-ring (bicyclic) bond motifs is 3. The summed E-state index contributed by atoms with van der Waals surface area (Å²) in [6.07, 6.45) is 27.2. The van der Waals surface area contributed by atoms with Gasteiger partial charge >= 0.3 is 0 Å². The van der Waals surface area contributed by atoms with E-state index in [4.69, 9.17) is 9.72 Å². The standard InChI is InChI=1S/C67H99N13O7/c1-45(2)78(48-39-46(40-48)27-31-55-75-50-29-28-47(67(3,4)5)41-52(50)76-55)42-54-59(82)60(83)66(87-54)79-44-74-58-61(72-43-73-62(58)79)71-38-23-22-36-69-35-19-15-11-9-7-6-8-10-14-18-33-68-34-20-16-12-13-17-21-37-70-51-26-24-25-49-57(51)65(86)80(64(49)85)53-30-32-56(81)77-63(53)84/h24-26,28-29,41,43-46,48,53,60,66,68-70,82-83H,6-23,27,30-40,42H2,1-5H3,(H,75,76)(H,71,72,73)(H,77,81,84)/t46?,48?,53?,60?,66-/m1/s1. The molecule has 4 aliphatic rings. The number of hydrogen-bond acceptors (Lipinski definition) is 16. The lowest BCUT2D eigenvalue weighted by molar-refractivity contribution is -0.136. The second-order valence-corrected chi connectivity index (χ2v) is 26.2. The minimum absolute atomic E-state index is 0.0902. The molecule has 1 saturated carbocycles. The first-order valence-electron chi connectivity index (χ1n) is 33.1. The number of ether oxygens (including phenoxy) is 1. The topological polar surface area (TPSA) is 257 Å². The highest BCUT2D eigenvalue weighted by Crippen LogP contribution is 2.40. The number of unbranched alkanes of at least 4 members (excludes halogenated alkanes) is 15. The molecule has 1 saturated heterocycles. The van der Waals surface area contributed by atoms with Crippen LogP contribution in [0.25, 0.3) is 22.2 Å². The van der Waals surface area contributed by atoms with E-state index in [-0.39, 0.29) is 36.0 Å². The monoisotopic (exact) mass is 1200 g/mol. The minimum Gasteiger partial charge on any atom is -0.506 e. The average molecular weight is 1200 g/mol. The summed E-state index contributed by atoms with van der Waals surface area (Å²) in [5, 5.41) is 38.8. The van der Waals surface area contributed by atoms with Crippen molar-refractivity contribution in [3.05, 3.63) is 83.1 Å². The quantitative estimate of drug-likeness (QED) is 0.0135. The number of rotatable bonds is 38. The van der Waals surface area contributed by atoms with Gasteiger partial charge in [0.2, 0.25) is 18.0 Å². The van der Waals surface area contributed by atoms with Gasteiger partial charge in [0, 0.05) is 43.7 Å². The number of aryl methyl sites for hydroxylation is 1. The van der Waals surface area contributed by atoms with Crippen LogP contribution in [-0.2, 0) is 26.2 Å². The summed E-state index contributed by atoms with van der Waals surface area (Å²) in [6, 6.07) is 11.3. The molecule has 6 heterocycles. The third-order valence-electron chi connectivity index (χ3n) is 18.2. The maximum atomic E-state index is 13.3. The number of aliphatic hydroxyl groups excluding tert-OH is 2. The highest BCUT2D eigenvalue weighted by atomic mass is 16.5. The van der Waals surface area contributed by atoms with E-state index in [0.29, 0.717) is 64.6 Å². The van der Waals surface area contributed by atoms with Gasteiger partial charge in [-0.25, -0.2) is 19.9 Å². The zero-order chi connectivity index (χ0) is 61.3. The van der Waals surface area contributed by atoms with Crippen molar-refractivity contribution in [2.45, 2.75) is 225 Å². The van der Waals surface area contributed by atoms with E-state index < -0.39 is 36.1 Å². The molecule has 2 fully saturated rings. The number of imidazole rings is 2. The molecule has 0 bridgehead atoms. The molecule has 4 amide bonds. The maximum absolute atomic E-state index is 13.3. The molecule has 474 valence electrons. The third-order valence-corrected chi connectivity index (χ3v) is 18.2. The van der Waals surface area contributed by atoms with Crippen LogP contribution >= 0.6 is 0 Å². The first-order valence-corrected chi connectivity index (χ1v) is 33.1. The van der Waals surface area contributed by atoms with Gasteiger partial charge in [-0.1, -0.05) is 110 Å². The van der Waals surface area contributed by atoms with Crippen LogP contribution in [0.5, 0.6) is 0 Å². The molecule has 8 N–H and O–H groups in total. The third kappa shape index (κ3) is 17.2. The summed E-state index contributed by atoms with van der Waals surface area (Å²) in [5.74, 6) is 0.595. The molecule has 9 rings (SSSR count). The number of carbonyl (C=O) groups excluding carboxylic acids is 4. The summed E-state index contributed by atoms with van der Waals surface area (Å²) >= 11 is 0. The molecule has 20 heteroatoms. The Balaban J connectivity index is 0.535. The number of piperidine rings is 1. The molecule has 3 atom stereocenters. The van der Waals surface area contributed by atoms with Crippen LogP contribution in [0.15, 0.2) is 60.6 Å². The molecular weight excluding hydrogens is 1100 g/mol. The maximum Gasteiger partial charge on any atom is 0.264 e. The SMILES string of the molecule is CC(C)N(CC1=C(O)C(O)[C@H](n2cnc3c(NCCCCNCCCCCCCCCCCCNCCCCCCCCNc4cccc5c4C(=O)N(C4CCC(=O)NC4=O)C5=O)ncnc32)O1)C1CC(CCc2nc3ccc(C(C)(C)C)cc3[nH]2)C1. The number of aromatic amines is 1. The van der Waals surface area contributed by atoms with Crippen LogP contribution in [0, 0.1) is 5.92 Å². The fourth-order valence-electron chi connectivity index (χ4n) is 12.9. The number of H-pyrrole nitrogens is 1. The molecule has 5 aromatic rings. The average Bonchev–Trinajstić information content (AvgIpc) is 3.74. The Kier molecular flexibility index (Phi) is 23.6. The second kappa shape index (κ2) is 31.6. The van der Waals surface area contributed by atoms with Crippen molar-refractivity contribution in [2.75, 3.05) is 56.4 Å². The highest BCUT2D eigenvalue weighted by Gasteiger charge is 2.46. The molecule has 2 aromatic carbocycles. The van der Waals surface area contributed by atoms with Gasteiger partial charge in [0.05, 0.1) is 28.7 Å². The summed E-state index contributed by atoms with van der Waals surface area (Å²) in [5.41, 5.74) is 5.88. The summed E-state index contributed by atoms with van der Waals surface area (Å²) in [6.45, 7) is 17.1. The van der Waals surface area contributed by atoms with Crippen molar-refractivity contribution in [1.82, 2.24) is 55.2 Å². The molecule has 3 aromatic heterocycles. The summed E-state index contributed by atoms with van der Waals surface area (Å²) in [4.78, 5) is 75.9. The number of anilines is 2. The van der Waals surface area contributed by atoms with Crippen molar-refractivity contribution >= 4 is 57.3 Å². The number of aliphatic hydroxyl groups is 2. The molecule has 87 heavy (non-hydrogen) atoms. The fourth-order valence-corrected chi connectivity index (χ4v) is 12.9. The first kappa shape index (κ1) is 65.0. The molecule has 1 aliphatic carbocycles. The Morgan fingerprint density at radius 2 is 1.38 bits per heavy atom. The number of imide groups is 2. The van der Waals surface area contributed by atoms with Gasteiger partial charge in [-0.15, -0.1) is 0 Å². The molecule has 0 spiro atoms. The number of nitrogens with zero attached hydrogens (tertiary/aromatic N) is 7. The molecule has 20 nitrogen and oxygen atoms in total. The molecule has 2 unspecified atom stereocenters. The predicted octanol–water partition coefficient (Wildman–Crippen LogP) is 10.9. The normalized spacial score (nSPS) is 19.7. The number of nitrogens with one attached hydrogen (secondary N) is 6. The van der Waals surface area contributed by atoms with E-state index in [1.807, 2.05) is 0 Å². The van der Waals surface area contributed by atoms with E-state index in [0.717, 1.165) is 112 Å². The van der Waals surface area contributed by atoms with Gasteiger partial charge in [-0.05, 0) is 145 Å². The Morgan fingerprint density at radius 3 is 2.02 bits per heavy atom. The first-order chi connectivity index (χ1) is 42.2. The molecular formula is C67H99N13O7. The van der Waals surface area contributed by atoms with E-state index in [1.165, 1.54) is 95.4 Å². The van der Waals surface area contributed by atoms with Crippen LogP contribution in [0.3, 0.4) is 0 Å². The van der Waals surface area contributed by atoms with Crippen molar-refractivity contribution in [3.8, 4) is 0 Å². The van der Waals surface area contributed by atoms with Crippen LogP contribution in [0.2, 0.25) is 0 Å². The molecule has 0 radical (unpaired) electrons. The Hall–Kier alpha value is -6.48. The number of carbonyl (C=O) groups is 4. The minimum atomic E-state index is -1.25. The zero-order valence-corrected chi connectivity index (χ0v) is 52.6. The largest absolute Gasteiger partial charge is 0.506 e. The number of aromatic nitrogens is 6. The van der Waals surface area contributed by atoms with Gasteiger partial charge in [-0.2, -0.15) is 0 Å². The Bertz CT molecular complexity index is 3110. The van der Waals surface area contributed by atoms with E-state index in [9.17, 15) is 29.4 Å². The lowest BCUT2D eigenvalue weighted by Crippen LogP contribution is -2.54. The Labute approximate surface area is 514 Å². The van der Waals surface area contributed by atoms with Gasteiger partial charge in [0.15, 0.2) is 34.6 Å². The lowest BCUT2D eigenvalue weighted by atomic mass is 9.76. The summed E-state index contributed by atoms with van der Waals surface area (Å²) in [7, 11) is 0. The number of hydrogen-bond donors (Lipinski definition) is 8. The van der Waals surface area contributed by atoms with E-state index in [2.05, 4.69) is 104 Å². The highest BCUT2D eigenvalue weighted by molar-refractivity contribution is 6.25. The van der Waals surface area contributed by atoms with Crippen LogP contribution in [0.1, 0.15) is 221 Å². The lowest BCUT2D eigenvalue weighted by Gasteiger charge is -2.45. The van der Waals surface area contributed by atoms with Gasteiger partial charge in [0.1, 0.15) is 24.5 Å². The second-order valence-electron chi connectivity index (χ2n) is 26.2. The summed E-state index contributed by atoms with van der Waals surface area (Å²) < 4.78 is 8.05. The number of amides is 4. The van der Waals surface area contributed by atoms with Crippen molar-refractivity contribution in [2.24, 2.45) is 5.92 Å². The fraction of sp³-hybridized carbons (Fsp3) is 0.642. The number of benzene rings is 2.